The van der Waals surface area contributed by atoms with E-state index in [1.54, 1.807) is 49.4 Å². The van der Waals surface area contributed by atoms with Crippen LogP contribution in [0.2, 0.25) is 10.0 Å². The van der Waals surface area contributed by atoms with Gasteiger partial charge in [-0.05, 0) is 63.1 Å². The van der Waals surface area contributed by atoms with E-state index in [4.69, 9.17) is 27.9 Å². The summed E-state index contributed by atoms with van der Waals surface area (Å²) in [6, 6.07) is 11.0. The maximum Gasteiger partial charge on any atom is 0.242 e. The van der Waals surface area contributed by atoms with Crippen molar-refractivity contribution in [1.29, 1.82) is 0 Å². The summed E-state index contributed by atoms with van der Waals surface area (Å²) < 4.78 is 31.7. The largest absolute Gasteiger partial charge is 0.494 e. The standard InChI is InChI=1S/C27H37Cl2N3O5S/c1-5-7-17-30-27(34)20(3)31(19-23-24(28)10-8-11-25(23)29)26(33)12-9-18-32(38(4,35)36)21-13-15-22(16-14-21)37-6-2/h8,10-11,13-16,20H,5-7,9,12,17-19H2,1-4H3,(H,30,34)/t20-/m0/s1. The van der Waals surface area contributed by atoms with Gasteiger partial charge in [0.05, 0.1) is 18.6 Å². The molecule has 2 aromatic carbocycles. The minimum atomic E-state index is -3.60. The Morgan fingerprint density at radius 1 is 1.03 bits per heavy atom. The Labute approximate surface area is 236 Å². The molecule has 0 aromatic heterocycles. The van der Waals surface area contributed by atoms with Crippen LogP contribution in [0, 0.1) is 0 Å². The number of amides is 2. The molecule has 1 atom stereocenters. The first-order valence-corrected chi connectivity index (χ1v) is 15.3. The molecule has 2 amide bonds. The van der Waals surface area contributed by atoms with E-state index in [0.29, 0.717) is 40.2 Å². The Bertz CT molecular complexity index is 1160. The molecule has 0 unspecified atom stereocenters. The van der Waals surface area contributed by atoms with Gasteiger partial charge in [-0.15, -0.1) is 0 Å². The summed E-state index contributed by atoms with van der Waals surface area (Å²) in [4.78, 5) is 27.7. The average molecular weight is 587 g/mol. The fourth-order valence-corrected chi connectivity index (χ4v) is 5.33. The summed E-state index contributed by atoms with van der Waals surface area (Å²) in [5, 5.41) is 3.66. The van der Waals surface area contributed by atoms with E-state index < -0.39 is 16.1 Å². The number of hydrogen-bond acceptors (Lipinski definition) is 5. The predicted octanol–water partition coefficient (Wildman–Crippen LogP) is 5.27. The fourth-order valence-electron chi connectivity index (χ4n) is 3.85. The van der Waals surface area contributed by atoms with Gasteiger partial charge in [0.2, 0.25) is 21.8 Å². The minimum Gasteiger partial charge on any atom is -0.494 e. The Balaban J connectivity index is 2.19. The summed E-state index contributed by atoms with van der Waals surface area (Å²) in [5.41, 5.74) is 1.02. The molecule has 2 rings (SSSR count). The van der Waals surface area contributed by atoms with Crippen molar-refractivity contribution in [3.8, 4) is 5.75 Å². The van der Waals surface area contributed by atoms with Crippen LogP contribution in [0.5, 0.6) is 5.75 Å². The molecule has 2 aromatic rings. The first kappa shape index (κ1) is 31.7. The minimum absolute atomic E-state index is 0.0255. The molecule has 1 N–H and O–H groups in total. The molecule has 210 valence electrons. The summed E-state index contributed by atoms with van der Waals surface area (Å²) in [6.45, 7) is 6.71. The van der Waals surface area contributed by atoms with Crippen molar-refractivity contribution in [2.45, 2.75) is 59.0 Å². The summed E-state index contributed by atoms with van der Waals surface area (Å²) in [7, 11) is -3.60. The maximum absolute atomic E-state index is 13.4. The third-order valence-corrected chi connectivity index (χ3v) is 7.88. The van der Waals surface area contributed by atoms with Crippen molar-refractivity contribution in [2.75, 3.05) is 30.3 Å². The number of nitrogens with one attached hydrogen (secondary N) is 1. The van der Waals surface area contributed by atoms with E-state index in [1.165, 1.54) is 9.21 Å². The van der Waals surface area contributed by atoms with Crippen molar-refractivity contribution in [3.63, 3.8) is 0 Å². The number of ether oxygens (including phenoxy) is 1. The second-order valence-electron chi connectivity index (χ2n) is 8.91. The molecule has 0 saturated heterocycles. The highest BCUT2D eigenvalue weighted by Gasteiger charge is 2.27. The second kappa shape index (κ2) is 15.2. The second-order valence-corrected chi connectivity index (χ2v) is 11.6. The highest BCUT2D eigenvalue weighted by molar-refractivity contribution is 7.92. The van der Waals surface area contributed by atoms with E-state index in [2.05, 4.69) is 5.32 Å². The zero-order valence-corrected chi connectivity index (χ0v) is 24.7. The zero-order valence-electron chi connectivity index (χ0n) is 22.4. The number of carbonyl (C=O) groups is 2. The van der Waals surface area contributed by atoms with Gasteiger partial charge in [0.15, 0.2) is 0 Å². The Hall–Kier alpha value is -2.49. The lowest BCUT2D eigenvalue weighted by Gasteiger charge is -2.30. The number of halogens is 2. The molecule has 38 heavy (non-hydrogen) atoms. The quantitative estimate of drug-likeness (QED) is 0.287. The van der Waals surface area contributed by atoms with Crippen LogP contribution in [-0.4, -0.2) is 57.1 Å². The van der Waals surface area contributed by atoms with Gasteiger partial charge in [-0.1, -0.05) is 42.6 Å². The molecule has 0 fully saturated rings. The predicted molar refractivity (Wildman–Crippen MR) is 153 cm³/mol. The third-order valence-electron chi connectivity index (χ3n) is 5.97. The highest BCUT2D eigenvalue weighted by atomic mass is 35.5. The van der Waals surface area contributed by atoms with Crippen LogP contribution >= 0.6 is 23.2 Å². The average Bonchev–Trinajstić information content (AvgIpc) is 2.86. The van der Waals surface area contributed by atoms with Crippen molar-refractivity contribution in [1.82, 2.24) is 10.2 Å². The molecule has 0 aliphatic heterocycles. The summed E-state index contributed by atoms with van der Waals surface area (Å²) in [5.74, 6) is 0.0568. The number of benzene rings is 2. The Kier molecular flexibility index (Phi) is 12.7. The maximum atomic E-state index is 13.4. The van der Waals surface area contributed by atoms with Crippen molar-refractivity contribution < 1.29 is 22.7 Å². The summed E-state index contributed by atoms with van der Waals surface area (Å²) in [6.07, 6.45) is 3.15. The van der Waals surface area contributed by atoms with Crippen molar-refractivity contribution in [3.05, 3.63) is 58.1 Å². The first-order valence-electron chi connectivity index (χ1n) is 12.7. The molecule has 0 heterocycles. The Morgan fingerprint density at radius 2 is 1.66 bits per heavy atom. The molecule has 0 saturated carbocycles. The molecule has 0 radical (unpaired) electrons. The van der Waals surface area contributed by atoms with Crippen LogP contribution in [0.15, 0.2) is 42.5 Å². The van der Waals surface area contributed by atoms with Crippen LogP contribution in [0.3, 0.4) is 0 Å². The van der Waals surface area contributed by atoms with E-state index in [1.807, 2.05) is 13.8 Å². The van der Waals surface area contributed by atoms with Gasteiger partial charge in [-0.3, -0.25) is 13.9 Å². The number of nitrogens with zero attached hydrogens (tertiary/aromatic N) is 2. The van der Waals surface area contributed by atoms with Crippen LogP contribution in [-0.2, 0) is 26.2 Å². The van der Waals surface area contributed by atoms with E-state index in [9.17, 15) is 18.0 Å². The van der Waals surface area contributed by atoms with Crippen LogP contribution < -0.4 is 14.4 Å². The number of carbonyl (C=O) groups excluding carboxylic acids is 2. The first-order chi connectivity index (χ1) is 18.0. The van der Waals surface area contributed by atoms with E-state index in [-0.39, 0.29) is 37.7 Å². The molecule has 0 aliphatic carbocycles. The van der Waals surface area contributed by atoms with E-state index in [0.717, 1.165) is 19.1 Å². The number of unbranched alkanes of at least 4 members (excludes halogenated alkanes) is 1. The lowest BCUT2D eigenvalue weighted by Crippen LogP contribution is -2.48. The van der Waals surface area contributed by atoms with Gasteiger partial charge < -0.3 is 15.0 Å². The normalized spacial score (nSPS) is 12.1. The molecule has 8 nitrogen and oxygen atoms in total. The van der Waals surface area contributed by atoms with E-state index >= 15 is 0 Å². The molecular formula is C27H37Cl2N3O5S. The van der Waals surface area contributed by atoms with Crippen LogP contribution in [0.25, 0.3) is 0 Å². The third kappa shape index (κ3) is 9.36. The van der Waals surface area contributed by atoms with Crippen molar-refractivity contribution in [2.24, 2.45) is 0 Å². The van der Waals surface area contributed by atoms with Gasteiger partial charge in [0, 0.05) is 41.7 Å². The van der Waals surface area contributed by atoms with Gasteiger partial charge in [0.1, 0.15) is 11.8 Å². The molecule has 0 bridgehead atoms. The number of rotatable bonds is 15. The van der Waals surface area contributed by atoms with Crippen LogP contribution in [0.1, 0.15) is 52.0 Å². The molecular weight excluding hydrogens is 549 g/mol. The molecule has 0 aliphatic rings. The molecule has 11 heteroatoms. The number of hydrogen-bond donors (Lipinski definition) is 1. The Morgan fingerprint density at radius 3 is 2.21 bits per heavy atom. The zero-order chi connectivity index (χ0) is 28.3. The van der Waals surface area contributed by atoms with Gasteiger partial charge in [0.25, 0.3) is 0 Å². The smallest absolute Gasteiger partial charge is 0.242 e. The van der Waals surface area contributed by atoms with Crippen LogP contribution in [0.4, 0.5) is 5.69 Å². The SMILES string of the molecule is CCCCNC(=O)[C@H](C)N(Cc1c(Cl)cccc1Cl)C(=O)CCCN(c1ccc(OCC)cc1)S(C)(=O)=O. The van der Waals surface area contributed by atoms with Gasteiger partial charge in [-0.2, -0.15) is 0 Å². The highest BCUT2D eigenvalue weighted by Crippen LogP contribution is 2.27. The molecule has 0 spiro atoms. The lowest BCUT2D eigenvalue weighted by molar-refractivity contribution is -0.140. The summed E-state index contributed by atoms with van der Waals surface area (Å²) >= 11 is 12.7. The van der Waals surface area contributed by atoms with Gasteiger partial charge in [-0.25, -0.2) is 8.42 Å². The topological polar surface area (TPSA) is 96.0 Å². The van der Waals surface area contributed by atoms with Gasteiger partial charge >= 0.3 is 0 Å². The lowest BCUT2D eigenvalue weighted by atomic mass is 10.1. The fraction of sp³-hybridized carbons (Fsp3) is 0.481. The number of anilines is 1. The monoisotopic (exact) mass is 585 g/mol. The van der Waals surface area contributed by atoms with Crippen molar-refractivity contribution >= 4 is 50.7 Å². The number of sulfonamides is 1.